The monoisotopic (exact) mass is 397 g/mol. The minimum absolute atomic E-state index is 0.157. The summed E-state index contributed by atoms with van der Waals surface area (Å²) in [4.78, 5) is 12.3. The lowest BCUT2D eigenvalue weighted by Gasteiger charge is -2.10. The van der Waals surface area contributed by atoms with Gasteiger partial charge in [-0.25, -0.2) is 0 Å². The van der Waals surface area contributed by atoms with E-state index in [1.165, 1.54) is 18.9 Å². The second kappa shape index (κ2) is 8.12. The standard InChI is InChI=1S/C19H22F3N3O3/c1-27-15-7-6-13(10-16(15)28-2)18(26)23-8-3-9-25-14(12-4-5-12)11-17(24-25)19(20,21)22/h6-7,10-12H,3-5,8-9H2,1-2H3,(H,23,26). The molecule has 9 heteroatoms. The number of carbonyl (C=O) groups is 1. The molecule has 0 unspecified atom stereocenters. The van der Waals surface area contributed by atoms with Crippen LogP contribution in [0.5, 0.6) is 11.5 Å². The van der Waals surface area contributed by atoms with Gasteiger partial charge in [-0.05, 0) is 43.5 Å². The Morgan fingerprint density at radius 1 is 1.21 bits per heavy atom. The predicted octanol–water partition coefficient (Wildman–Crippen LogP) is 3.62. The smallest absolute Gasteiger partial charge is 0.435 e. The number of alkyl halides is 3. The number of aromatic nitrogens is 2. The number of ether oxygens (including phenoxy) is 2. The van der Waals surface area contributed by atoms with E-state index in [-0.39, 0.29) is 11.8 Å². The quantitative estimate of drug-likeness (QED) is 0.691. The highest BCUT2D eigenvalue weighted by Crippen LogP contribution is 2.42. The van der Waals surface area contributed by atoms with Crippen LogP contribution in [0, 0.1) is 0 Å². The molecule has 0 radical (unpaired) electrons. The van der Waals surface area contributed by atoms with Crippen LogP contribution < -0.4 is 14.8 Å². The van der Waals surface area contributed by atoms with Crippen LogP contribution in [-0.4, -0.2) is 36.5 Å². The van der Waals surface area contributed by atoms with Crippen molar-refractivity contribution in [1.29, 1.82) is 0 Å². The number of hydrogen-bond donors (Lipinski definition) is 1. The molecule has 0 atom stereocenters. The van der Waals surface area contributed by atoms with Crippen LogP contribution in [0.25, 0.3) is 0 Å². The van der Waals surface area contributed by atoms with E-state index >= 15 is 0 Å². The Balaban J connectivity index is 1.56. The van der Waals surface area contributed by atoms with E-state index < -0.39 is 11.9 Å². The lowest BCUT2D eigenvalue weighted by atomic mass is 10.2. The molecule has 0 saturated heterocycles. The molecular formula is C19H22F3N3O3. The Kier molecular flexibility index (Phi) is 5.81. The normalized spacial score (nSPS) is 14.0. The van der Waals surface area contributed by atoms with E-state index in [0.717, 1.165) is 18.9 Å². The molecule has 1 fully saturated rings. The number of benzene rings is 1. The van der Waals surface area contributed by atoms with Crippen LogP contribution >= 0.6 is 0 Å². The fourth-order valence-corrected chi connectivity index (χ4v) is 2.97. The second-order valence-electron chi connectivity index (χ2n) is 6.63. The average Bonchev–Trinajstić information content (AvgIpc) is 3.42. The van der Waals surface area contributed by atoms with Gasteiger partial charge in [-0.15, -0.1) is 0 Å². The molecule has 0 aliphatic heterocycles. The molecular weight excluding hydrogens is 375 g/mol. The van der Waals surface area contributed by atoms with Crippen molar-refractivity contribution in [3.8, 4) is 11.5 Å². The summed E-state index contributed by atoms with van der Waals surface area (Å²) in [5.41, 5.74) is 0.178. The number of hydrogen-bond acceptors (Lipinski definition) is 4. The highest BCUT2D eigenvalue weighted by atomic mass is 19.4. The highest BCUT2D eigenvalue weighted by molar-refractivity contribution is 5.94. The first-order valence-corrected chi connectivity index (χ1v) is 8.98. The van der Waals surface area contributed by atoms with Crippen molar-refractivity contribution in [2.24, 2.45) is 0 Å². The van der Waals surface area contributed by atoms with E-state index in [9.17, 15) is 18.0 Å². The number of nitrogens with zero attached hydrogens (tertiary/aromatic N) is 2. The summed E-state index contributed by atoms with van der Waals surface area (Å²) in [5.74, 6) is 0.830. The summed E-state index contributed by atoms with van der Waals surface area (Å²) in [6.45, 7) is 0.632. The molecule has 0 bridgehead atoms. The maximum absolute atomic E-state index is 12.9. The number of methoxy groups -OCH3 is 2. The van der Waals surface area contributed by atoms with Gasteiger partial charge in [-0.2, -0.15) is 18.3 Å². The third kappa shape index (κ3) is 4.58. The lowest BCUT2D eigenvalue weighted by Crippen LogP contribution is -2.25. The van der Waals surface area contributed by atoms with Gasteiger partial charge in [0.15, 0.2) is 17.2 Å². The molecule has 3 rings (SSSR count). The van der Waals surface area contributed by atoms with Gasteiger partial charge in [0, 0.05) is 30.3 Å². The van der Waals surface area contributed by atoms with E-state index in [2.05, 4.69) is 10.4 Å². The van der Waals surface area contributed by atoms with Crippen molar-refractivity contribution in [2.75, 3.05) is 20.8 Å². The molecule has 1 aliphatic carbocycles. The van der Waals surface area contributed by atoms with Crippen molar-refractivity contribution in [3.05, 3.63) is 41.2 Å². The van der Waals surface area contributed by atoms with Gasteiger partial charge in [-0.1, -0.05) is 0 Å². The molecule has 1 N–H and O–H groups in total. The van der Waals surface area contributed by atoms with Crippen molar-refractivity contribution in [2.45, 2.75) is 37.9 Å². The number of rotatable bonds is 8. The third-order valence-electron chi connectivity index (χ3n) is 4.58. The van der Waals surface area contributed by atoms with Crippen LogP contribution in [0.4, 0.5) is 13.2 Å². The number of halogens is 3. The van der Waals surface area contributed by atoms with Gasteiger partial charge in [0.25, 0.3) is 5.91 Å². The Hall–Kier alpha value is -2.71. The maximum atomic E-state index is 12.9. The van der Waals surface area contributed by atoms with Crippen LogP contribution in [0.15, 0.2) is 24.3 Å². The predicted molar refractivity (Wildman–Crippen MR) is 95.7 cm³/mol. The average molecular weight is 397 g/mol. The number of carbonyl (C=O) groups excluding carboxylic acids is 1. The van der Waals surface area contributed by atoms with E-state index in [1.54, 1.807) is 18.2 Å². The van der Waals surface area contributed by atoms with Gasteiger partial charge >= 0.3 is 6.18 Å². The Morgan fingerprint density at radius 2 is 1.93 bits per heavy atom. The molecule has 6 nitrogen and oxygen atoms in total. The summed E-state index contributed by atoms with van der Waals surface area (Å²) >= 11 is 0. The van der Waals surface area contributed by atoms with Crippen molar-refractivity contribution in [3.63, 3.8) is 0 Å². The van der Waals surface area contributed by atoms with E-state index in [0.29, 0.717) is 42.3 Å². The van der Waals surface area contributed by atoms with Crippen molar-refractivity contribution >= 4 is 5.91 Å². The Labute approximate surface area is 160 Å². The summed E-state index contributed by atoms with van der Waals surface area (Å²) < 4.78 is 50.5. The van der Waals surface area contributed by atoms with Crippen molar-refractivity contribution in [1.82, 2.24) is 15.1 Å². The highest BCUT2D eigenvalue weighted by Gasteiger charge is 2.37. The van der Waals surface area contributed by atoms with Gasteiger partial charge in [-0.3, -0.25) is 9.48 Å². The lowest BCUT2D eigenvalue weighted by molar-refractivity contribution is -0.141. The largest absolute Gasteiger partial charge is 0.493 e. The van der Waals surface area contributed by atoms with Crippen molar-refractivity contribution < 1.29 is 27.4 Å². The minimum Gasteiger partial charge on any atom is -0.493 e. The SMILES string of the molecule is COc1ccc(C(=O)NCCCn2nc(C(F)(F)F)cc2C2CC2)cc1OC. The van der Waals surface area contributed by atoms with Crippen LogP contribution in [0.3, 0.4) is 0 Å². The Morgan fingerprint density at radius 3 is 2.54 bits per heavy atom. The fourth-order valence-electron chi connectivity index (χ4n) is 2.97. The summed E-state index contributed by atoms with van der Waals surface area (Å²) in [6, 6.07) is 5.96. The first kappa shape index (κ1) is 20.0. The molecule has 28 heavy (non-hydrogen) atoms. The molecule has 1 saturated carbocycles. The first-order chi connectivity index (χ1) is 13.3. The summed E-state index contributed by atoms with van der Waals surface area (Å²) in [5, 5.41) is 6.47. The minimum atomic E-state index is -4.45. The third-order valence-corrected chi connectivity index (χ3v) is 4.58. The zero-order valence-corrected chi connectivity index (χ0v) is 15.7. The first-order valence-electron chi connectivity index (χ1n) is 8.98. The summed E-state index contributed by atoms with van der Waals surface area (Å²) in [6.07, 6.45) is -2.20. The van der Waals surface area contributed by atoms with E-state index in [4.69, 9.17) is 9.47 Å². The zero-order valence-electron chi connectivity index (χ0n) is 15.7. The molecule has 1 aromatic carbocycles. The molecule has 1 aromatic heterocycles. The number of nitrogens with one attached hydrogen (secondary N) is 1. The Bertz CT molecular complexity index is 845. The van der Waals surface area contributed by atoms with Gasteiger partial charge in [0.05, 0.1) is 14.2 Å². The summed E-state index contributed by atoms with van der Waals surface area (Å²) in [7, 11) is 2.99. The molecule has 2 aromatic rings. The van der Waals surface area contributed by atoms with Crippen LogP contribution in [0.2, 0.25) is 0 Å². The van der Waals surface area contributed by atoms with E-state index in [1.807, 2.05) is 0 Å². The molecule has 0 spiro atoms. The molecule has 1 heterocycles. The second-order valence-corrected chi connectivity index (χ2v) is 6.63. The van der Waals surface area contributed by atoms with Gasteiger partial charge in [0.1, 0.15) is 0 Å². The number of amides is 1. The molecule has 152 valence electrons. The van der Waals surface area contributed by atoms with Crippen LogP contribution in [-0.2, 0) is 12.7 Å². The van der Waals surface area contributed by atoms with Crippen LogP contribution in [0.1, 0.15) is 46.9 Å². The zero-order chi connectivity index (χ0) is 20.3. The van der Waals surface area contributed by atoms with Gasteiger partial charge in [0.2, 0.25) is 0 Å². The topological polar surface area (TPSA) is 65.4 Å². The number of aryl methyl sites for hydroxylation is 1. The molecule has 1 amide bonds. The van der Waals surface area contributed by atoms with Gasteiger partial charge < -0.3 is 14.8 Å². The molecule has 1 aliphatic rings. The fraction of sp³-hybridized carbons (Fsp3) is 0.474. The maximum Gasteiger partial charge on any atom is 0.435 e.